The van der Waals surface area contributed by atoms with Crippen molar-refractivity contribution in [3.8, 4) is 0 Å². The van der Waals surface area contributed by atoms with E-state index in [1.165, 1.54) is 44.1 Å². The molecule has 0 spiro atoms. The van der Waals surface area contributed by atoms with Crippen LogP contribution in [0.3, 0.4) is 0 Å². The first-order valence-electron chi connectivity index (χ1n) is 11.1. The van der Waals surface area contributed by atoms with Gasteiger partial charge in [0.15, 0.2) is 5.79 Å². The number of hydrogen-bond acceptors (Lipinski definition) is 2. The molecule has 0 radical (unpaired) electrons. The van der Waals surface area contributed by atoms with Gasteiger partial charge in [-0.05, 0) is 25.3 Å². The van der Waals surface area contributed by atoms with Crippen LogP contribution in [0.15, 0.2) is 30.3 Å². The third kappa shape index (κ3) is 7.80. The summed E-state index contributed by atoms with van der Waals surface area (Å²) in [5.41, 5.74) is 1.36. The van der Waals surface area contributed by atoms with Gasteiger partial charge < -0.3 is 9.47 Å². The minimum atomic E-state index is -0.482. The van der Waals surface area contributed by atoms with Crippen LogP contribution in [0.5, 0.6) is 0 Å². The second-order valence-corrected chi connectivity index (χ2v) is 7.36. The van der Waals surface area contributed by atoms with Gasteiger partial charge in [0.25, 0.3) is 0 Å². The van der Waals surface area contributed by atoms with Crippen molar-refractivity contribution in [1.82, 2.24) is 0 Å². The predicted octanol–water partition coefficient (Wildman–Crippen LogP) is 7.48. The van der Waals surface area contributed by atoms with Crippen molar-refractivity contribution in [2.24, 2.45) is 0 Å². The molecule has 0 saturated heterocycles. The van der Waals surface area contributed by atoms with Gasteiger partial charge in [0.2, 0.25) is 0 Å². The highest BCUT2D eigenvalue weighted by Gasteiger charge is 2.40. The molecule has 2 atom stereocenters. The summed E-state index contributed by atoms with van der Waals surface area (Å²) in [6.45, 7) is 10.2. The van der Waals surface area contributed by atoms with E-state index in [0.717, 1.165) is 32.3 Å². The maximum atomic E-state index is 6.45. The Labute approximate surface area is 162 Å². The maximum Gasteiger partial charge on any atom is 0.175 e. The topological polar surface area (TPSA) is 18.5 Å². The van der Waals surface area contributed by atoms with Gasteiger partial charge in [0.1, 0.15) is 0 Å². The zero-order valence-electron chi connectivity index (χ0n) is 17.8. The van der Waals surface area contributed by atoms with E-state index in [-0.39, 0.29) is 0 Å². The normalized spacial score (nSPS) is 14.9. The summed E-state index contributed by atoms with van der Waals surface area (Å²) >= 11 is 0. The quantitative estimate of drug-likeness (QED) is 0.224. The molecule has 0 aliphatic rings. The Morgan fingerprint density at radius 3 is 2.08 bits per heavy atom. The zero-order valence-corrected chi connectivity index (χ0v) is 17.8. The Hall–Kier alpha value is -0.860. The number of ether oxygens (including phenoxy) is 2. The lowest BCUT2D eigenvalue weighted by molar-refractivity contribution is -0.254. The number of benzene rings is 1. The van der Waals surface area contributed by atoms with Crippen molar-refractivity contribution in [3.05, 3.63) is 35.9 Å². The second kappa shape index (κ2) is 14.2. The fourth-order valence-electron chi connectivity index (χ4n) is 3.88. The predicted molar refractivity (Wildman–Crippen MR) is 113 cm³/mol. The zero-order chi connectivity index (χ0) is 19.1. The lowest BCUT2D eigenvalue weighted by Gasteiger charge is -2.41. The molecule has 0 amide bonds. The standard InChI is InChI=1S/C24H42O2/c1-5-9-10-11-12-16-19-23(22-17-14-13-15-18-22)24(20-6-2,25-8-4)26-21-7-3/h13-15,17-18,23H,5-12,16,19-21H2,1-4H3. The highest BCUT2D eigenvalue weighted by Crippen LogP contribution is 2.40. The van der Waals surface area contributed by atoms with Gasteiger partial charge in [0.05, 0.1) is 0 Å². The van der Waals surface area contributed by atoms with Gasteiger partial charge in [-0.1, -0.05) is 96.0 Å². The third-order valence-electron chi connectivity index (χ3n) is 5.12. The fraction of sp³-hybridized carbons (Fsp3) is 0.750. The Balaban J connectivity index is 2.93. The van der Waals surface area contributed by atoms with E-state index >= 15 is 0 Å². The molecule has 1 aromatic carbocycles. The average molecular weight is 363 g/mol. The van der Waals surface area contributed by atoms with E-state index in [1.807, 2.05) is 0 Å². The summed E-state index contributed by atoms with van der Waals surface area (Å²) in [4.78, 5) is 0. The van der Waals surface area contributed by atoms with E-state index in [0.29, 0.717) is 12.5 Å². The molecule has 0 heterocycles. The molecule has 1 aromatic rings. The largest absolute Gasteiger partial charge is 0.350 e. The molecule has 2 heteroatoms. The SMILES string of the molecule is CCCCCCCCC(c1ccccc1)C(CCC)(OCC)OCCC. The van der Waals surface area contributed by atoms with E-state index < -0.39 is 5.79 Å². The number of rotatable bonds is 16. The molecule has 26 heavy (non-hydrogen) atoms. The average Bonchev–Trinajstić information content (AvgIpc) is 2.66. The van der Waals surface area contributed by atoms with Crippen LogP contribution in [-0.4, -0.2) is 19.0 Å². The Kier molecular flexibility index (Phi) is 12.7. The molecule has 0 aliphatic carbocycles. The first kappa shape index (κ1) is 23.2. The Morgan fingerprint density at radius 1 is 0.769 bits per heavy atom. The maximum absolute atomic E-state index is 6.45. The van der Waals surface area contributed by atoms with Crippen LogP contribution in [0.4, 0.5) is 0 Å². The van der Waals surface area contributed by atoms with Crippen molar-refractivity contribution in [2.75, 3.05) is 13.2 Å². The van der Waals surface area contributed by atoms with Crippen LogP contribution in [0, 0.1) is 0 Å². The third-order valence-corrected chi connectivity index (χ3v) is 5.12. The van der Waals surface area contributed by atoms with Gasteiger partial charge in [-0.3, -0.25) is 0 Å². The number of hydrogen-bond donors (Lipinski definition) is 0. The smallest absolute Gasteiger partial charge is 0.175 e. The summed E-state index contributed by atoms with van der Waals surface area (Å²) in [5, 5.41) is 0. The van der Waals surface area contributed by atoms with Crippen molar-refractivity contribution in [1.29, 1.82) is 0 Å². The van der Waals surface area contributed by atoms with Gasteiger partial charge in [0, 0.05) is 25.6 Å². The first-order valence-corrected chi connectivity index (χ1v) is 11.1. The molecule has 0 bridgehead atoms. The molecule has 0 aromatic heterocycles. The molecule has 1 rings (SSSR count). The molecule has 2 nitrogen and oxygen atoms in total. The van der Waals surface area contributed by atoms with E-state index in [2.05, 4.69) is 58.0 Å². The lowest BCUT2D eigenvalue weighted by Crippen LogP contribution is -2.43. The summed E-state index contributed by atoms with van der Waals surface area (Å²) in [5.74, 6) is -0.175. The lowest BCUT2D eigenvalue weighted by atomic mass is 9.83. The first-order chi connectivity index (χ1) is 12.7. The van der Waals surface area contributed by atoms with Crippen molar-refractivity contribution in [2.45, 2.75) is 104 Å². The summed E-state index contributed by atoms with van der Waals surface area (Å²) in [6, 6.07) is 10.9. The molecule has 150 valence electrons. The number of unbranched alkanes of at least 4 members (excludes halogenated alkanes) is 5. The molecule has 2 unspecified atom stereocenters. The van der Waals surface area contributed by atoms with Crippen molar-refractivity contribution in [3.63, 3.8) is 0 Å². The Bertz CT molecular complexity index is 423. The van der Waals surface area contributed by atoms with E-state index in [9.17, 15) is 0 Å². The molecule has 0 N–H and O–H groups in total. The van der Waals surface area contributed by atoms with E-state index in [1.54, 1.807) is 0 Å². The fourth-order valence-corrected chi connectivity index (χ4v) is 3.88. The molecule has 0 fully saturated rings. The minimum absolute atomic E-state index is 0.307. The van der Waals surface area contributed by atoms with Crippen LogP contribution in [0.1, 0.15) is 103 Å². The van der Waals surface area contributed by atoms with Gasteiger partial charge >= 0.3 is 0 Å². The van der Waals surface area contributed by atoms with Gasteiger partial charge in [-0.15, -0.1) is 0 Å². The minimum Gasteiger partial charge on any atom is -0.350 e. The summed E-state index contributed by atoms with van der Waals surface area (Å²) in [7, 11) is 0. The summed E-state index contributed by atoms with van der Waals surface area (Å²) in [6.07, 6.45) is 12.1. The molecule has 0 saturated carbocycles. The second-order valence-electron chi connectivity index (χ2n) is 7.36. The Morgan fingerprint density at radius 2 is 1.46 bits per heavy atom. The van der Waals surface area contributed by atoms with Gasteiger partial charge in [-0.25, -0.2) is 0 Å². The molecule has 0 aliphatic heterocycles. The van der Waals surface area contributed by atoms with Crippen LogP contribution in [0.25, 0.3) is 0 Å². The summed E-state index contributed by atoms with van der Waals surface area (Å²) < 4.78 is 12.8. The monoisotopic (exact) mass is 362 g/mol. The van der Waals surface area contributed by atoms with Crippen LogP contribution in [-0.2, 0) is 9.47 Å². The van der Waals surface area contributed by atoms with Crippen molar-refractivity contribution < 1.29 is 9.47 Å². The highest BCUT2D eigenvalue weighted by molar-refractivity contribution is 5.22. The highest BCUT2D eigenvalue weighted by atomic mass is 16.7. The van der Waals surface area contributed by atoms with Crippen molar-refractivity contribution >= 4 is 0 Å². The molecular weight excluding hydrogens is 320 g/mol. The van der Waals surface area contributed by atoms with Crippen LogP contribution in [0.2, 0.25) is 0 Å². The van der Waals surface area contributed by atoms with Crippen LogP contribution < -0.4 is 0 Å². The van der Waals surface area contributed by atoms with Gasteiger partial charge in [-0.2, -0.15) is 0 Å². The van der Waals surface area contributed by atoms with E-state index in [4.69, 9.17) is 9.47 Å². The van der Waals surface area contributed by atoms with Crippen LogP contribution >= 0.6 is 0 Å². The molecular formula is C24H42O2.